The summed E-state index contributed by atoms with van der Waals surface area (Å²) in [5, 5.41) is 0. The number of carbonyl (C=O) groups is 2. The highest BCUT2D eigenvalue weighted by atomic mass is 16.5. The first kappa shape index (κ1) is 18.4. The molecule has 2 heterocycles. The molecule has 1 saturated heterocycles. The van der Waals surface area contributed by atoms with Crippen LogP contribution < -0.4 is 4.90 Å². The molecular formula is C23H24N2O3. The van der Waals surface area contributed by atoms with Gasteiger partial charge in [-0.15, -0.1) is 0 Å². The van der Waals surface area contributed by atoms with Crippen molar-refractivity contribution in [2.45, 2.75) is 19.8 Å². The van der Waals surface area contributed by atoms with E-state index >= 15 is 0 Å². The average molecular weight is 376 g/mol. The molecule has 0 aromatic heterocycles. The zero-order valence-corrected chi connectivity index (χ0v) is 16.2. The van der Waals surface area contributed by atoms with E-state index in [4.69, 9.17) is 4.74 Å². The zero-order chi connectivity index (χ0) is 19.7. The first-order valence-corrected chi connectivity index (χ1v) is 9.69. The van der Waals surface area contributed by atoms with Gasteiger partial charge in [-0.05, 0) is 29.2 Å². The van der Waals surface area contributed by atoms with Crippen LogP contribution >= 0.6 is 0 Å². The van der Waals surface area contributed by atoms with Crippen LogP contribution in [0.15, 0.2) is 60.3 Å². The van der Waals surface area contributed by atoms with E-state index in [1.54, 1.807) is 0 Å². The third-order valence-corrected chi connectivity index (χ3v) is 5.27. The van der Waals surface area contributed by atoms with Crippen LogP contribution in [-0.2, 0) is 14.3 Å². The first-order chi connectivity index (χ1) is 13.6. The molecule has 1 fully saturated rings. The predicted octanol–water partition coefficient (Wildman–Crippen LogP) is 3.43. The molecule has 0 spiro atoms. The number of imide groups is 1. The maximum absolute atomic E-state index is 13.4. The van der Waals surface area contributed by atoms with Crippen molar-refractivity contribution in [3.8, 4) is 0 Å². The van der Waals surface area contributed by atoms with Crippen molar-refractivity contribution in [2.75, 3.05) is 31.2 Å². The van der Waals surface area contributed by atoms with Crippen molar-refractivity contribution >= 4 is 23.1 Å². The minimum absolute atomic E-state index is 0.261. The molecule has 2 aromatic carbocycles. The number of nitrogens with zero attached hydrogens (tertiary/aromatic N) is 2. The first-order valence-electron chi connectivity index (χ1n) is 9.69. The van der Waals surface area contributed by atoms with E-state index in [0.29, 0.717) is 49.2 Å². The minimum Gasteiger partial charge on any atom is -0.378 e. The Labute approximate surface area is 165 Å². The van der Waals surface area contributed by atoms with Gasteiger partial charge in [0.25, 0.3) is 11.8 Å². The third-order valence-electron chi connectivity index (χ3n) is 5.27. The summed E-state index contributed by atoms with van der Waals surface area (Å²) in [6.45, 7) is 6.54. The molecule has 5 heteroatoms. The molecule has 0 unspecified atom stereocenters. The molecule has 2 amide bonds. The number of benzene rings is 2. The molecule has 2 aromatic rings. The van der Waals surface area contributed by atoms with Gasteiger partial charge in [0.2, 0.25) is 0 Å². The van der Waals surface area contributed by atoms with Gasteiger partial charge in [-0.25, -0.2) is 4.90 Å². The van der Waals surface area contributed by atoms with Crippen LogP contribution in [0.4, 0.5) is 5.69 Å². The lowest BCUT2D eigenvalue weighted by molar-refractivity contribution is -0.121. The number of rotatable bonds is 4. The molecule has 0 N–H and O–H groups in total. The van der Waals surface area contributed by atoms with Gasteiger partial charge >= 0.3 is 0 Å². The Balaban J connectivity index is 1.77. The van der Waals surface area contributed by atoms with Crippen LogP contribution in [0.1, 0.15) is 30.9 Å². The normalized spacial score (nSPS) is 17.8. The van der Waals surface area contributed by atoms with E-state index in [1.165, 1.54) is 10.5 Å². The molecule has 144 valence electrons. The number of carbonyl (C=O) groups excluding carboxylic acids is 2. The van der Waals surface area contributed by atoms with Crippen LogP contribution in [-0.4, -0.2) is 43.0 Å². The van der Waals surface area contributed by atoms with E-state index in [-0.39, 0.29) is 11.8 Å². The van der Waals surface area contributed by atoms with Gasteiger partial charge in [0.1, 0.15) is 5.70 Å². The van der Waals surface area contributed by atoms with Crippen molar-refractivity contribution in [2.24, 2.45) is 0 Å². The van der Waals surface area contributed by atoms with Gasteiger partial charge in [0, 0.05) is 13.1 Å². The summed E-state index contributed by atoms with van der Waals surface area (Å²) in [5.74, 6) is -0.140. The Morgan fingerprint density at radius 2 is 1.50 bits per heavy atom. The van der Waals surface area contributed by atoms with Gasteiger partial charge in [0.05, 0.1) is 24.5 Å². The molecule has 28 heavy (non-hydrogen) atoms. The lowest BCUT2D eigenvalue weighted by Gasteiger charge is -2.29. The maximum atomic E-state index is 13.4. The lowest BCUT2D eigenvalue weighted by atomic mass is 10.0. The zero-order valence-electron chi connectivity index (χ0n) is 16.2. The second-order valence-corrected chi connectivity index (χ2v) is 7.38. The molecule has 0 radical (unpaired) electrons. The maximum Gasteiger partial charge on any atom is 0.282 e. The van der Waals surface area contributed by atoms with Gasteiger partial charge in [0.15, 0.2) is 0 Å². The Kier molecular flexibility index (Phi) is 5.01. The topological polar surface area (TPSA) is 49.9 Å². The summed E-state index contributed by atoms with van der Waals surface area (Å²) in [5.41, 5.74) is 3.50. The number of hydrogen-bond donors (Lipinski definition) is 0. The number of anilines is 1. The molecule has 4 rings (SSSR count). The molecule has 0 saturated carbocycles. The summed E-state index contributed by atoms with van der Waals surface area (Å²) < 4.78 is 5.44. The summed E-state index contributed by atoms with van der Waals surface area (Å²) in [7, 11) is 0. The fraction of sp³-hybridized carbons (Fsp3) is 0.304. The second-order valence-electron chi connectivity index (χ2n) is 7.38. The van der Waals surface area contributed by atoms with Gasteiger partial charge < -0.3 is 9.64 Å². The van der Waals surface area contributed by atoms with Crippen molar-refractivity contribution < 1.29 is 14.3 Å². The predicted molar refractivity (Wildman–Crippen MR) is 109 cm³/mol. The van der Waals surface area contributed by atoms with Crippen LogP contribution in [0, 0.1) is 0 Å². The van der Waals surface area contributed by atoms with Crippen LogP contribution in [0.25, 0.3) is 5.57 Å². The summed E-state index contributed by atoms with van der Waals surface area (Å²) >= 11 is 0. The van der Waals surface area contributed by atoms with Crippen molar-refractivity contribution in [3.63, 3.8) is 0 Å². The van der Waals surface area contributed by atoms with Gasteiger partial charge in [-0.2, -0.15) is 0 Å². The molecule has 0 atom stereocenters. The highest BCUT2D eigenvalue weighted by Crippen LogP contribution is 2.35. The standard InChI is InChI=1S/C23H24N2O3/c1-16(2)17-8-10-19(11-9-17)25-22(26)20(18-6-4-3-5-7-18)21(23(25)27)24-12-14-28-15-13-24/h3-11,16H,12-15H2,1-2H3. The van der Waals surface area contributed by atoms with E-state index in [0.717, 1.165) is 5.56 Å². The van der Waals surface area contributed by atoms with Crippen molar-refractivity contribution in [3.05, 3.63) is 71.4 Å². The third kappa shape index (κ3) is 3.22. The number of hydrogen-bond acceptors (Lipinski definition) is 4. The lowest BCUT2D eigenvalue weighted by Crippen LogP contribution is -2.40. The molecular weight excluding hydrogens is 352 g/mol. The Morgan fingerprint density at radius 1 is 0.857 bits per heavy atom. The highest BCUT2D eigenvalue weighted by Gasteiger charge is 2.42. The summed E-state index contributed by atoms with van der Waals surface area (Å²) in [6.07, 6.45) is 0. The van der Waals surface area contributed by atoms with Crippen LogP contribution in [0.2, 0.25) is 0 Å². The Morgan fingerprint density at radius 3 is 2.11 bits per heavy atom. The fourth-order valence-electron chi connectivity index (χ4n) is 3.71. The van der Waals surface area contributed by atoms with Gasteiger partial charge in [-0.1, -0.05) is 56.3 Å². The number of amides is 2. The monoisotopic (exact) mass is 376 g/mol. The molecule has 2 aliphatic rings. The van der Waals surface area contributed by atoms with Crippen molar-refractivity contribution in [1.29, 1.82) is 0 Å². The quantitative estimate of drug-likeness (QED) is 0.767. The van der Waals surface area contributed by atoms with Crippen molar-refractivity contribution in [1.82, 2.24) is 4.90 Å². The molecule has 5 nitrogen and oxygen atoms in total. The minimum atomic E-state index is -0.269. The van der Waals surface area contributed by atoms with E-state index in [9.17, 15) is 9.59 Å². The summed E-state index contributed by atoms with van der Waals surface area (Å²) in [4.78, 5) is 30.0. The Bertz CT molecular complexity index is 911. The average Bonchev–Trinajstić information content (AvgIpc) is 2.99. The van der Waals surface area contributed by atoms with Gasteiger partial charge in [-0.3, -0.25) is 9.59 Å². The number of morpholine rings is 1. The Hall–Kier alpha value is -2.92. The fourth-order valence-corrected chi connectivity index (χ4v) is 3.71. The SMILES string of the molecule is CC(C)c1ccc(N2C(=O)C(c3ccccc3)=C(N3CCOCC3)C2=O)cc1. The molecule has 0 aliphatic carbocycles. The number of ether oxygens (including phenoxy) is 1. The summed E-state index contributed by atoms with van der Waals surface area (Å²) in [6, 6.07) is 17.1. The second kappa shape index (κ2) is 7.60. The van der Waals surface area contributed by atoms with E-state index in [1.807, 2.05) is 59.5 Å². The molecule has 2 aliphatic heterocycles. The largest absolute Gasteiger partial charge is 0.378 e. The van der Waals surface area contributed by atoms with Crippen LogP contribution in [0.5, 0.6) is 0 Å². The molecule has 0 bridgehead atoms. The van der Waals surface area contributed by atoms with E-state index in [2.05, 4.69) is 13.8 Å². The van der Waals surface area contributed by atoms with E-state index < -0.39 is 0 Å². The smallest absolute Gasteiger partial charge is 0.282 e. The highest BCUT2D eigenvalue weighted by molar-refractivity contribution is 6.45. The van der Waals surface area contributed by atoms with Crippen LogP contribution in [0.3, 0.4) is 0 Å².